The van der Waals surface area contributed by atoms with Gasteiger partial charge in [-0.1, -0.05) is 17.7 Å². The quantitative estimate of drug-likeness (QED) is 0.625. The highest BCUT2D eigenvalue weighted by molar-refractivity contribution is 6.31. The number of hydrogen-bond acceptors (Lipinski definition) is 7. The van der Waals surface area contributed by atoms with Crippen molar-refractivity contribution < 1.29 is 14.3 Å². The first-order chi connectivity index (χ1) is 16.1. The Labute approximate surface area is 197 Å². The van der Waals surface area contributed by atoms with Gasteiger partial charge in [0.05, 0.1) is 23.2 Å². The number of amides is 2. The van der Waals surface area contributed by atoms with Gasteiger partial charge in [0.25, 0.3) is 0 Å². The van der Waals surface area contributed by atoms with Crippen LogP contribution in [0.25, 0.3) is 0 Å². The van der Waals surface area contributed by atoms with Crippen LogP contribution in [0.3, 0.4) is 0 Å². The number of nitrogens with zero attached hydrogens (tertiary/aromatic N) is 5. The Morgan fingerprint density at radius 1 is 1.06 bits per heavy atom. The van der Waals surface area contributed by atoms with Crippen LogP contribution in [0.4, 0.5) is 11.6 Å². The second-order valence-corrected chi connectivity index (χ2v) is 9.06. The molecule has 2 atom stereocenters. The Morgan fingerprint density at radius 3 is 2.73 bits per heavy atom. The molecule has 1 N–H and O–H groups in total. The number of rotatable bonds is 0. The van der Waals surface area contributed by atoms with E-state index in [2.05, 4.69) is 25.2 Å². The molecular formula is C23H27ClN6O3. The van der Waals surface area contributed by atoms with Crippen molar-refractivity contribution in [3.8, 4) is 0 Å². The second-order valence-electron chi connectivity index (χ2n) is 8.65. The largest absolute Gasteiger partial charge is 0.496 e. The maximum Gasteiger partial charge on any atom is 0.238 e. The molecule has 1 unspecified atom stereocenters. The molecule has 10 heteroatoms. The molecule has 0 aromatic carbocycles. The minimum atomic E-state index is -0.572. The summed E-state index contributed by atoms with van der Waals surface area (Å²) in [7, 11) is 0. The van der Waals surface area contributed by atoms with Crippen molar-refractivity contribution in [2.75, 3.05) is 43.0 Å². The predicted molar refractivity (Wildman–Crippen MR) is 126 cm³/mol. The molecule has 4 bridgehead atoms. The van der Waals surface area contributed by atoms with Gasteiger partial charge in [0.15, 0.2) is 0 Å². The molecule has 1 saturated heterocycles. The molecule has 9 nitrogen and oxygen atoms in total. The highest BCUT2D eigenvalue weighted by Gasteiger charge is 2.36. The summed E-state index contributed by atoms with van der Waals surface area (Å²) in [6.45, 7) is 3.17. The van der Waals surface area contributed by atoms with Crippen molar-refractivity contribution >= 4 is 41.3 Å². The lowest BCUT2D eigenvalue weighted by molar-refractivity contribution is -0.131. The van der Waals surface area contributed by atoms with Gasteiger partial charge in [0.1, 0.15) is 29.6 Å². The zero-order valence-corrected chi connectivity index (χ0v) is 19.1. The number of halogens is 1. The molecule has 0 spiro atoms. The Hall–Kier alpha value is -2.94. The minimum absolute atomic E-state index is 0.157. The van der Waals surface area contributed by atoms with Crippen molar-refractivity contribution in [1.82, 2.24) is 14.9 Å². The number of aliphatic imine (C=N–C) groups is 1. The number of nitrogens with one attached hydrogen (secondary N) is 1. The Balaban J connectivity index is 1.44. The maximum absolute atomic E-state index is 12.8. The fraction of sp³-hybridized carbons (Fsp3) is 0.522. The average Bonchev–Trinajstić information content (AvgIpc) is 3.15. The summed E-state index contributed by atoms with van der Waals surface area (Å²) in [6, 6.07) is -0.157. The number of ether oxygens (including phenoxy) is 1. The third-order valence-corrected chi connectivity index (χ3v) is 6.83. The molecule has 5 heterocycles. The molecule has 2 amide bonds. The van der Waals surface area contributed by atoms with Crippen LogP contribution in [-0.4, -0.2) is 71.7 Å². The van der Waals surface area contributed by atoms with Crippen LogP contribution in [0.5, 0.6) is 0 Å². The van der Waals surface area contributed by atoms with Crippen molar-refractivity contribution in [1.29, 1.82) is 0 Å². The lowest BCUT2D eigenvalue weighted by Gasteiger charge is -2.36. The molecule has 5 aliphatic rings. The molecule has 0 radical (unpaired) electrons. The highest BCUT2D eigenvalue weighted by Crippen LogP contribution is 2.37. The molecule has 174 valence electrons. The van der Waals surface area contributed by atoms with Crippen LogP contribution in [0.15, 0.2) is 34.3 Å². The standard InChI is InChI=1S/C23H27ClN6O3/c24-17-6-5-15-12-18(17)33-11-3-1-2-4-19(31)29-7-9-30(10-8-29)22-20-16(13-25-15)23(32)28-21(20)26-14-27-22/h5-6,13-16H,1-4,7-12H2,(H,26,27,28,32)/t15-,16?/m0/s1. The van der Waals surface area contributed by atoms with E-state index in [0.717, 1.165) is 30.6 Å². The number of carbonyl (C=O) groups is 2. The van der Waals surface area contributed by atoms with Gasteiger partial charge in [-0.05, 0) is 25.3 Å². The van der Waals surface area contributed by atoms with E-state index in [1.54, 1.807) is 12.3 Å². The Morgan fingerprint density at radius 2 is 1.88 bits per heavy atom. The van der Waals surface area contributed by atoms with Crippen LogP contribution < -0.4 is 10.2 Å². The van der Waals surface area contributed by atoms with Crippen LogP contribution in [0.1, 0.15) is 43.6 Å². The van der Waals surface area contributed by atoms with Gasteiger partial charge in [-0.25, -0.2) is 9.97 Å². The first-order valence-electron chi connectivity index (χ1n) is 11.5. The van der Waals surface area contributed by atoms with Crippen molar-refractivity contribution in [2.24, 2.45) is 4.99 Å². The summed E-state index contributed by atoms with van der Waals surface area (Å²) in [5, 5.41) is 3.44. The van der Waals surface area contributed by atoms with E-state index in [9.17, 15) is 9.59 Å². The Kier molecular flexibility index (Phi) is 6.30. The first kappa shape index (κ1) is 21.9. The van der Waals surface area contributed by atoms with Gasteiger partial charge < -0.3 is 19.9 Å². The lowest BCUT2D eigenvalue weighted by Crippen LogP contribution is -2.49. The number of piperazine rings is 1. The average molecular weight is 471 g/mol. The third kappa shape index (κ3) is 4.59. The van der Waals surface area contributed by atoms with Gasteiger partial charge in [-0.15, -0.1) is 0 Å². The van der Waals surface area contributed by atoms with Gasteiger partial charge >= 0.3 is 0 Å². The molecule has 1 aliphatic carbocycles. The van der Waals surface area contributed by atoms with E-state index in [-0.39, 0.29) is 17.9 Å². The molecule has 6 rings (SSSR count). The van der Waals surface area contributed by atoms with E-state index >= 15 is 0 Å². The first-order valence-corrected chi connectivity index (χ1v) is 11.9. The summed E-state index contributed by atoms with van der Waals surface area (Å²) in [5.74, 6) is 1.42. The fourth-order valence-electron chi connectivity index (χ4n) is 4.64. The second kappa shape index (κ2) is 9.51. The topological polar surface area (TPSA) is 100 Å². The molecule has 1 aromatic rings. The monoisotopic (exact) mass is 470 g/mol. The van der Waals surface area contributed by atoms with Gasteiger partial charge in [0, 0.05) is 45.2 Å². The van der Waals surface area contributed by atoms with Crippen LogP contribution in [0.2, 0.25) is 0 Å². The molecular weight excluding hydrogens is 444 g/mol. The summed E-state index contributed by atoms with van der Waals surface area (Å²) < 4.78 is 5.93. The predicted octanol–water partition coefficient (Wildman–Crippen LogP) is 2.60. The lowest BCUT2D eigenvalue weighted by atomic mass is 10.0. The van der Waals surface area contributed by atoms with Crippen molar-refractivity contribution in [3.05, 3.63) is 34.8 Å². The number of anilines is 2. The van der Waals surface area contributed by atoms with Crippen LogP contribution >= 0.6 is 11.6 Å². The number of hydrogen-bond donors (Lipinski definition) is 1. The highest BCUT2D eigenvalue weighted by atomic mass is 35.5. The van der Waals surface area contributed by atoms with Crippen LogP contribution in [0, 0.1) is 0 Å². The van der Waals surface area contributed by atoms with Gasteiger partial charge in [0.2, 0.25) is 11.8 Å². The molecule has 1 aromatic heterocycles. The molecule has 33 heavy (non-hydrogen) atoms. The molecule has 0 saturated carbocycles. The van der Waals surface area contributed by atoms with E-state index in [0.29, 0.717) is 62.2 Å². The van der Waals surface area contributed by atoms with Crippen molar-refractivity contribution in [2.45, 2.75) is 44.1 Å². The normalized spacial score (nSPS) is 25.8. The number of carbonyl (C=O) groups excluding carboxylic acids is 2. The Bertz CT molecular complexity index is 1030. The molecule has 4 aliphatic heterocycles. The number of allylic oxidation sites excluding steroid dienone is 2. The number of aromatic nitrogens is 2. The fourth-order valence-corrected chi connectivity index (χ4v) is 4.84. The van der Waals surface area contributed by atoms with E-state index < -0.39 is 5.92 Å². The summed E-state index contributed by atoms with van der Waals surface area (Å²) in [6.07, 6.45) is 10.6. The third-order valence-electron chi connectivity index (χ3n) is 6.49. The molecule has 1 fully saturated rings. The zero-order chi connectivity index (χ0) is 22.8. The van der Waals surface area contributed by atoms with Crippen LogP contribution in [-0.2, 0) is 14.3 Å². The smallest absolute Gasteiger partial charge is 0.238 e. The summed E-state index contributed by atoms with van der Waals surface area (Å²) in [4.78, 5) is 42.9. The zero-order valence-electron chi connectivity index (χ0n) is 18.4. The van der Waals surface area contributed by atoms with E-state index in [1.165, 1.54) is 6.33 Å². The van der Waals surface area contributed by atoms with Crippen molar-refractivity contribution in [3.63, 3.8) is 0 Å². The maximum atomic E-state index is 12.8. The summed E-state index contributed by atoms with van der Waals surface area (Å²) >= 11 is 6.33. The van der Waals surface area contributed by atoms with E-state index in [4.69, 9.17) is 16.3 Å². The SMILES string of the molecule is O=C1Nc2ncnc3c2C1C=N[C@H]1C=CC(Cl)=C(C1)OCCCCCC(=O)N1CCN3CC1. The summed E-state index contributed by atoms with van der Waals surface area (Å²) in [5.41, 5.74) is 0.744. The van der Waals surface area contributed by atoms with Gasteiger partial charge in [-0.2, -0.15) is 0 Å². The minimum Gasteiger partial charge on any atom is -0.496 e. The van der Waals surface area contributed by atoms with E-state index in [1.807, 2.05) is 11.0 Å². The number of fused-ring (bicyclic) bond motifs is 8. The van der Waals surface area contributed by atoms with Gasteiger partial charge in [-0.3, -0.25) is 14.6 Å².